The molecule has 0 bridgehead atoms. The number of anilines is 2. The Morgan fingerprint density at radius 1 is 1.04 bits per heavy atom. The van der Waals surface area contributed by atoms with Crippen LogP contribution in [-0.2, 0) is 9.59 Å². The van der Waals surface area contributed by atoms with Crippen LogP contribution in [0.5, 0.6) is 0 Å². The van der Waals surface area contributed by atoms with Gasteiger partial charge in [0.2, 0.25) is 11.8 Å². The molecule has 0 radical (unpaired) electrons. The second-order valence-corrected chi connectivity index (χ2v) is 5.96. The second-order valence-electron chi connectivity index (χ2n) is 5.11. The van der Waals surface area contributed by atoms with Crippen molar-refractivity contribution in [3.63, 3.8) is 0 Å². The van der Waals surface area contributed by atoms with Gasteiger partial charge < -0.3 is 10.6 Å². The van der Waals surface area contributed by atoms with Crippen molar-refractivity contribution in [3.8, 4) is 0 Å². The minimum atomic E-state index is -0.208. The summed E-state index contributed by atoms with van der Waals surface area (Å²) in [6, 6.07) is 13.0. The van der Waals surface area contributed by atoms with Gasteiger partial charge >= 0.3 is 0 Å². The quantitative estimate of drug-likeness (QED) is 0.782. The van der Waals surface area contributed by atoms with E-state index in [1.54, 1.807) is 18.2 Å². The first-order valence-electron chi connectivity index (χ1n) is 7.07. The van der Waals surface area contributed by atoms with E-state index in [0.29, 0.717) is 0 Å². The lowest BCUT2D eigenvalue weighted by molar-refractivity contribution is -0.114. The molecule has 0 spiro atoms. The van der Waals surface area contributed by atoms with Crippen LogP contribution >= 0.6 is 15.9 Å². The van der Waals surface area contributed by atoms with Crippen LogP contribution in [0.25, 0.3) is 6.08 Å². The zero-order valence-electron chi connectivity index (χ0n) is 12.9. The molecule has 118 valence electrons. The van der Waals surface area contributed by atoms with Crippen molar-refractivity contribution in [3.05, 3.63) is 64.1 Å². The summed E-state index contributed by atoms with van der Waals surface area (Å²) in [6.07, 6.45) is 3.19. The van der Waals surface area contributed by atoms with Crippen molar-refractivity contribution in [2.45, 2.75) is 13.8 Å². The average molecular weight is 373 g/mol. The lowest BCUT2D eigenvalue weighted by Crippen LogP contribution is -2.08. The van der Waals surface area contributed by atoms with Crippen molar-refractivity contribution < 1.29 is 9.59 Å². The summed E-state index contributed by atoms with van der Waals surface area (Å²) in [4.78, 5) is 22.9. The molecule has 0 aliphatic rings. The largest absolute Gasteiger partial charge is 0.326 e. The molecule has 2 aromatic rings. The number of hydrogen-bond acceptors (Lipinski definition) is 2. The topological polar surface area (TPSA) is 58.2 Å². The summed E-state index contributed by atoms with van der Waals surface area (Å²) in [6.45, 7) is 3.45. The second kappa shape index (κ2) is 7.74. The van der Waals surface area contributed by atoms with Gasteiger partial charge in [0.25, 0.3) is 0 Å². The molecule has 2 amide bonds. The first-order valence-corrected chi connectivity index (χ1v) is 7.86. The highest BCUT2D eigenvalue weighted by Gasteiger charge is 2.03. The third kappa shape index (κ3) is 5.38. The summed E-state index contributed by atoms with van der Waals surface area (Å²) in [5.41, 5.74) is 3.44. The van der Waals surface area contributed by atoms with Gasteiger partial charge in [-0.2, -0.15) is 0 Å². The zero-order valence-corrected chi connectivity index (χ0v) is 14.5. The number of nitrogens with one attached hydrogen (secondary N) is 2. The van der Waals surface area contributed by atoms with E-state index in [4.69, 9.17) is 0 Å². The fourth-order valence-electron chi connectivity index (χ4n) is 1.95. The van der Waals surface area contributed by atoms with Crippen LogP contribution in [-0.4, -0.2) is 11.8 Å². The lowest BCUT2D eigenvalue weighted by Gasteiger charge is -2.06. The van der Waals surface area contributed by atoms with Gasteiger partial charge in [-0.3, -0.25) is 9.59 Å². The number of carbonyl (C=O) groups excluding carboxylic acids is 2. The van der Waals surface area contributed by atoms with Crippen molar-refractivity contribution in [1.82, 2.24) is 0 Å². The minimum Gasteiger partial charge on any atom is -0.326 e. The Hall–Kier alpha value is -2.40. The van der Waals surface area contributed by atoms with E-state index in [1.165, 1.54) is 13.0 Å². The van der Waals surface area contributed by atoms with E-state index in [9.17, 15) is 9.59 Å². The monoisotopic (exact) mass is 372 g/mol. The summed E-state index contributed by atoms with van der Waals surface area (Å²) >= 11 is 3.43. The minimum absolute atomic E-state index is 0.114. The third-order valence-corrected chi connectivity index (χ3v) is 3.70. The molecule has 0 fully saturated rings. The molecule has 2 aromatic carbocycles. The van der Waals surface area contributed by atoms with E-state index in [1.807, 2.05) is 37.3 Å². The maximum atomic E-state index is 12.0. The van der Waals surface area contributed by atoms with Crippen molar-refractivity contribution >= 4 is 45.2 Å². The molecule has 2 rings (SSSR count). The van der Waals surface area contributed by atoms with Gasteiger partial charge in [0.1, 0.15) is 0 Å². The van der Waals surface area contributed by atoms with Gasteiger partial charge in [0.05, 0.1) is 5.69 Å². The van der Waals surface area contributed by atoms with Crippen molar-refractivity contribution in [1.29, 1.82) is 0 Å². The average Bonchev–Trinajstić information content (AvgIpc) is 2.49. The fraction of sp³-hybridized carbons (Fsp3) is 0.111. The fourth-order valence-corrected chi connectivity index (χ4v) is 2.54. The molecular weight excluding hydrogens is 356 g/mol. The Morgan fingerprint density at radius 2 is 1.74 bits per heavy atom. The first kappa shape index (κ1) is 17.0. The van der Waals surface area contributed by atoms with Crippen molar-refractivity contribution in [2.24, 2.45) is 0 Å². The van der Waals surface area contributed by atoms with E-state index in [0.717, 1.165) is 27.0 Å². The molecule has 0 atom stereocenters. The molecule has 4 nitrogen and oxygen atoms in total. The van der Waals surface area contributed by atoms with Crippen LogP contribution in [0.1, 0.15) is 18.1 Å². The number of carbonyl (C=O) groups is 2. The van der Waals surface area contributed by atoms with Crippen LogP contribution in [0.3, 0.4) is 0 Å². The molecular formula is C18H17BrN2O2. The summed E-state index contributed by atoms with van der Waals surface area (Å²) < 4.78 is 0.846. The van der Waals surface area contributed by atoms with Gasteiger partial charge in [-0.15, -0.1) is 0 Å². The molecule has 0 aliphatic heterocycles. The van der Waals surface area contributed by atoms with Gasteiger partial charge in [-0.05, 0) is 64.3 Å². The summed E-state index contributed by atoms with van der Waals surface area (Å²) in [5.74, 6) is -0.322. The molecule has 2 N–H and O–H groups in total. The van der Waals surface area contributed by atoms with E-state index < -0.39 is 0 Å². The molecule has 0 saturated carbocycles. The Bertz CT molecular complexity index is 752. The molecule has 23 heavy (non-hydrogen) atoms. The third-order valence-electron chi connectivity index (χ3n) is 3.04. The number of amides is 2. The number of hydrogen-bond donors (Lipinski definition) is 2. The van der Waals surface area contributed by atoms with Crippen LogP contribution in [0.2, 0.25) is 0 Å². The van der Waals surface area contributed by atoms with Gasteiger partial charge in [-0.1, -0.05) is 18.2 Å². The highest BCUT2D eigenvalue weighted by molar-refractivity contribution is 9.10. The lowest BCUT2D eigenvalue weighted by atomic mass is 10.2. The van der Waals surface area contributed by atoms with Crippen LogP contribution in [0.15, 0.2) is 53.0 Å². The Balaban J connectivity index is 1.99. The molecule has 0 heterocycles. The number of aryl methyl sites for hydroxylation is 1. The highest BCUT2D eigenvalue weighted by Crippen LogP contribution is 2.23. The van der Waals surface area contributed by atoms with Gasteiger partial charge in [-0.25, -0.2) is 0 Å². The summed E-state index contributed by atoms with van der Waals surface area (Å²) in [5, 5.41) is 5.51. The first-order chi connectivity index (χ1) is 10.9. The SMILES string of the molecule is CC(=O)Nc1ccc(/C=C/C(=O)Nc2ccc(C)cc2Br)cc1. The molecule has 0 aromatic heterocycles. The Morgan fingerprint density at radius 3 is 2.35 bits per heavy atom. The normalized spacial score (nSPS) is 10.6. The molecule has 0 aliphatic carbocycles. The Kier molecular flexibility index (Phi) is 5.71. The van der Waals surface area contributed by atoms with E-state index in [2.05, 4.69) is 26.6 Å². The Labute approximate surface area is 143 Å². The van der Waals surface area contributed by atoms with Crippen LogP contribution in [0.4, 0.5) is 11.4 Å². The highest BCUT2D eigenvalue weighted by atomic mass is 79.9. The van der Waals surface area contributed by atoms with Crippen LogP contribution < -0.4 is 10.6 Å². The zero-order chi connectivity index (χ0) is 16.8. The standard InChI is InChI=1S/C18H17BrN2O2/c1-12-3-9-17(16(19)11-12)21-18(23)10-6-14-4-7-15(8-5-14)20-13(2)22/h3-11H,1-2H3,(H,20,22)(H,21,23)/b10-6+. The maximum Gasteiger partial charge on any atom is 0.248 e. The maximum absolute atomic E-state index is 12.0. The van der Waals surface area contributed by atoms with Gasteiger partial charge in [0.15, 0.2) is 0 Å². The molecule has 0 unspecified atom stereocenters. The van der Waals surface area contributed by atoms with Crippen molar-refractivity contribution in [2.75, 3.05) is 10.6 Å². The number of benzene rings is 2. The predicted molar refractivity (Wildman–Crippen MR) is 97.3 cm³/mol. The van der Waals surface area contributed by atoms with Crippen LogP contribution in [0, 0.1) is 6.92 Å². The smallest absolute Gasteiger partial charge is 0.248 e. The predicted octanol–water partition coefficient (Wildman–Crippen LogP) is 4.37. The number of rotatable bonds is 4. The van der Waals surface area contributed by atoms with E-state index >= 15 is 0 Å². The number of halogens is 1. The van der Waals surface area contributed by atoms with Gasteiger partial charge in [0, 0.05) is 23.2 Å². The van der Waals surface area contributed by atoms with E-state index in [-0.39, 0.29) is 11.8 Å². The summed E-state index contributed by atoms with van der Waals surface area (Å²) in [7, 11) is 0. The molecule has 0 saturated heterocycles. The molecule has 5 heteroatoms.